The number of hydrogen-bond donors (Lipinski definition) is 1. The number of nitrogens with zero attached hydrogens (tertiary/aromatic N) is 1. The summed E-state index contributed by atoms with van der Waals surface area (Å²) >= 11 is 0. The molecule has 5 heteroatoms. The van der Waals surface area contributed by atoms with Gasteiger partial charge >= 0.3 is 0 Å². The minimum Gasteiger partial charge on any atom is -0.325 e. The van der Waals surface area contributed by atoms with Gasteiger partial charge in [0, 0.05) is 23.9 Å². The fraction of sp³-hybridized carbons (Fsp3) is 0.250. The van der Waals surface area contributed by atoms with Crippen LogP contribution in [-0.2, 0) is 16.0 Å². The molecule has 25 heavy (non-hydrogen) atoms. The van der Waals surface area contributed by atoms with Crippen molar-refractivity contribution in [3.8, 4) is 0 Å². The van der Waals surface area contributed by atoms with Crippen molar-refractivity contribution in [3.05, 3.63) is 59.7 Å². The summed E-state index contributed by atoms with van der Waals surface area (Å²) in [7, 11) is 0. The van der Waals surface area contributed by atoms with Crippen LogP contribution in [0.3, 0.4) is 0 Å². The van der Waals surface area contributed by atoms with Crippen LogP contribution in [0.4, 0.5) is 11.4 Å². The van der Waals surface area contributed by atoms with Crippen LogP contribution in [0.15, 0.2) is 48.5 Å². The number of carbonyl (C=O) groups excluding carboxylic acids is 3. The zero-order valence-electron chi connectivity index (χ0n) is 14.7. The third-order valence-electron chi connectivity index (χ3n) is 3.90. The number of rotatable bonds is 6. The van der Waals surface area contributed by atoms with Gasteiger partial charge in [-0.3, -0.25) is 14.4 Å². The number of para-hydroxylation sites is 1. The van der Waals surface area contributed by atoms with Crippen molar-refractivity contribution in [1.29, 1.82) is 0 Å². The van der Waals surface area contributed by atoms with Crippen LogP contribution in [0.5, 0.6) is 0 Å². The third-order valence-corrected chi connectivity index (χ3v) is 3.90. The van der Waals surface area contributed by atoms with Crippen molar-refractivity contribution >= 4 is 29.0 Å². The van der Waals surface area contributed by atoms with Gasteiger partial charge in [0.25, 0.3) is 0 Å². The van der Waals surface area contributed by atoms with Crippen molar-refractivity contribution < 1.29 is 14.4 Å². The maximum absolute atomic E-state index is 12.4. The van der Waals surface area contributed by atoms with Crippen LogP contribution in [0.2, 0.25) is 0 Å². The van der Waals surface area contributed by atoms with E-state index in [9.17, 15) is 14.4 Å². The van der Waals surface area contributed by atoms with Crippen molar-refractivity contribution in [1.82, 2.24) is 0 Å². The number of benzene rings is 2. The molecule has 2 rings (SSSR count). The second-order valence-corrected chi connectivity index (χ2v) is 5.77. The van der Waals surface area contributed by atoms with Gasteiger partial charge in [0.05, 0.1) is 0 Å². The van der Waals surface area contributed by atoms with E-state index in [-0.39, 0.29) is 24.1 Å². The van der Waals surface area contributed by atoms with E-state index >= 15 is 0 Å². The molecule has 0 saturated heterocycles. The van der Waals surface area contributed by atoms with E-state index in [0.29, 0.717) is 11.3 Å². The molecule has 1 N–H and O–H groups in total. The predicted octanol–water partition coefficient (Wildman–Crippen LogP) is 3.44. The first kappa shape index (κ1) is 18.4. The second-order valence-electron chi connectivity index (χ2n) is 5.77. The zero-order valence-corrected chi connectivity index (χ0v) is 14.7. The molecule has 130 valence electrons. The first-order valence-electron chi connectivity index (χ1n) is 8.19. The highest BCUT2D eigenvalue weighted by molar-refractivity contribution is 6.03. The van der Waals surface area contributed by atoms with Gasteiger partial charge < -0.3 is 10.2 Å². The molecule has 2 amide bonds. The largest absolute Gasteiger partial charge is 0.325 e. The number of nitrogens with one attached hydrogen (secondary N) is 1. The maximum atomic E-state index is 12.4. The Balaban J connectivity index is 2.17. The fourth-order valence-corrected chi connectivity index (χ4v) is 2.60. The van der Waals surface area contributed by atoms with E-state index < -0.39 is 0 Å². The molecule has 2 aromatic rings. The number of carbonyl (C=O) groups is 3. The monoisotopic (exact) mass is 338 g/mol. The quantitative estimate of drug-likeness (QED) is 0.821. The SMILES string of the molecule is CCc1ccccc1N(CC(=O)Nc1cccc(C(C)=O)c1)C(C)=O. The zero-order chi connectivity index (χ0) is 18.4. The number of aryl methyl sites for hydroxylation is 1. The smallest absolute Gasteiger partial charge is 0.244 e. The lowest BCUT2D eigenvalue weighted by Gasteiger charge is -2.23. The highest BCUT2D eigenvalue weighted by Gasteiger charge is 2.18. The van der Waals surface area contributed by atoms with Crippen LogP contribution in [-0.4, -0.2) is 24.1 Å². The minimum absolute atomic E-state index is 0.0710. The van der Waals surface area contributed by atoms with Crippen LogP contribution >= 0.6 is 0 Å². The molecule has 0 saturated carbocycles. The van der Waals surface area contributed by atoms with Gasteiger partial charge in [0.2, 0.25) is 11.8 Å². The number of ketones is 1. The number of Topliss-reactive ketones (excluding diaryl/α,β-unsaturated/α-hetero) is 1. The fourth-order valence-electron chi connectivity index (χ4n) is 2.60. The van der Waals surface area contributed by atoms with E-state index in [0.717, 1.165) is 17.7 Å². The summed E-state index contributed by atoms with van der Waals surface area (Å²) < 4.78 is 0. The van der Waals surface area contributed by atoms with Crippen LogP contribution in [0.25, 0.3) is 0 Å². The molecule has 0 aliphatic heterocycles. The van der Waals surface area contributed by atoms with Gasteiger partial charge in [-0.2, -0.15) is 0 Å². The molecule has 0 fully saturated rings. The van der Waals surface area contributed by atoms with E-state index in [4.69, 9.17) is 0 Å². The summed E-state index contributed by atoms with van der Waals surface area (Å²) in [4.78, 5) is 37.3. The third kappa shape index (κ3) is 4.76. The standard InChI is InChI=1S/C20H22N2O3/c1-4-16-8-5-6-11-19(16)22(15(3)24)13-20(25)21-18-10-7-9-17(12-18)14(2)23/h5-12H,4,13H2,1-3H3,(H,21,25). The average molecular weight is 338 g/mol. The van der Waals surface area contributed by atoms with Gasteiger partial charge in [-0.25, -0.2) is 0 Å². The number of amides is 2. The maximum Gasteiger partial charge on any atom is 0.244 e. The van der Waals surface area contributed by atoms with Gasteiger partial charge in [-0.1, -0.05) is 37.3 Å². The van der Waals surface area contributed by atoms with Crippen molar-refractivity contribution in [2.45, 2.75) is 27.2 Å². The van der Waals surface area contributed by atoms with Gasteiger partial charge in [-0.15, -0.1) is 0 Å². The van der Waals surface area contributed by atoms with Gasteiger partial charge in [0.1, 0.15) is 6.54 Å². The van der Waals surface area contributed by atoms with Gasteiger partial charge in [0.15, 0.2) is 5.78 Å². The normalized spacial score (nSPS) is 10.2. The summed E-state index contributed by atoms with van der Waals surface area (Å²) in [5, 5.41) is 2.74. The molecule has 0 aromatic heterocycles. The molecule has 0 bridgehead atoms. The lowest BCUT2D eigenvalue weighted by molar-refractivity contribution is -0.120. The Morgan fingerprint density at radius 1 is 1.00 bits per heavy atom. The molecule has 0 atom stereocenters. The summed E-state index contributed by atoms with van der Waals surface area (Å²) in [6.07, 6.45) is 0.766. The molecule has 0 heterocycles. The van der Waals surface area contributed by atoms with Crippen LogP contribution < -0.4 is 10.2 Å². The Morgan fingerprint density at radius 2 is 1.72 bits per heavy atom. The topological polar surface area (TPSA) is 66.5 Å². The Labute approximate surface area is 147 Å². The van der Waals surface area contributed by atoms with Crippen molar-refractivity contribution in [2.75, 3.05) is 16.8 Å². The summed E-state index contributed by atoms with van der Waals surface area (Å²) in [6, 6.07) is 14.3. The van der Waals surface area contributed by atoms with E-state index in [1.807, 2.05) is 31.2 Å². The molecule has 0 aliphatic rings. The number of hydrogen-bond acceptors (Lipinski definition) is 3. The predicted molar refractivity (Wildman–Crippen MR) is 98.9 cm³/mol. The molecule has 0 spiro atoms. The van der Waals surface area contributed by atoms with E-state index in [1.165, 1.54) is 18.7 Å². The number of anilines is 2. The highest BCUT2D eigenvalue weighted by atomic mass is 16.2. The molecular weight excluding hydrogens is 316 g/mol. The van der Waals surface area contributed by atoms with Crippen molar-refractivity contribution in [3.63, 3.8) is 0 Å². The molecule has 0 aliphatic carbocycles. The molecule has 0 unspecified atom stereocenters. The molecular formula is C20H22N2O3. The second kappa shape index (κ2) is 8.24. The van der Waals surface area contributed by atoms with E-state index in [1.54, 1.807) is 24.3 Å². The van der Waals surface area contributed by atoms with Crippen LogP contribution in [0.1, 0.15) is 36.7 Å². The minimum atomic E-state index is -0.318. The molecule has 2 aromatic carbocycles. The Bertz CT molecular complexity index is 799. The lowest BCUT2D eigenvalue weighted by atomic mass is 10.1. The first-order valence-corrected chi connectivity index (χ1v) is 8.19. The molecule has 0 radical (unpaired) electrons. The first-order chi connectivity index (χ1) is 11.9. The summed E-state index contributed by atoms with van der Waals surface area (Å²) in [5.41, 5.74) is 2.80. The summed E-state index contributed by atoms with van der Waals surface area (Å²) in [5.74, 6) is -0.589. The van der Waals surface area contributed by atoms with Gasteiger partial charge in [-0.05, 0) is 37.1 Å². The highest BCUT2D eigenvalue weighted by Crippen LogP contribution is 2.21. The van der Waals surface area contributed by atoms with Crippen molar-refractivity contribution in [2.24, 2.45) is 0 Å². The van der Waals surface area contributed by atoms with Crippen LogP contribution in [0, 0.1) is 0 Å². The van der Waals surface area contributed by atoms with E-state index in [2.05, 4.69) is 5.32 Å². The summed E-state index contributed by atoms with van der Waals surface area (Å²) in [6.45, 7) is 4.83. The Morgan fingerprint density at radius 3 is 2.36 bits per heavy atom. The Kier molecular flexibility index (Phi) is 6.06. The average Bonchev–Trinajstić information content (AvgIpc) is 2.59. The Hall–Kier alpha value is -2.95. The molecule has 5 nitrogen and oxygen atoms in total. The lowest BCUT2D eigenvalue weighted by Crippen LogP contribution is -2.37.